The molecule has 22 heavy (non-hydrogen) atoms. The number of aromatic nitrogens is 3. The molecule has 0 aliphatic carbocycles. The van der Waals surface area contributed by atoms with Gasteiger partial charge in [-0.3, -0.25) is 5.10 Å². The number of H-pyrrole nitrogens is 1. The number of nitrogens with zero attached hydrogens (tertiary/aromatic N) is 2. The summed E-state index contributed by atoms with van der Waals surface area (Å²) in [7, 11) is 0. The number of carbonyl (C=O) groups is 1. The number of anilines is 1. The minimum Gasteiger partial charge on any atom is -0.485 e. The monoisotopic (exact) mass is 301 g/mol. The molecule has 2 amide bonds. The fourth-order valence-electron chi connectivity index (χ4n) is 2.56. The minimum atomic E-state index is -0.314. The first-order valence-corrected chi connectivity index (χ1v) is 7.18. The number of amides is 2. The maximum absolute atomic E-state index is 12.1. The molecule has 0 radical (unpaired) electrons. The molecule has 1 atom stereocenters. The van der Waals surface area contributed by atoms with Gasteiger partial charge in [-0.05, 0) is 26.8 Å². The molecular weight excluding hydrogens is 282 g/mol. The van der Waals surface area contributed by atoms with Crippen LogP contribution in [0.1, 0.15) is 38.2 Å². The number of fused-ring (bicyclic) bond motifs is 1. The van der Waals surface area contributed by atoms with Gasteiger partial charge in [-0.2, -0.15) is 5.10 Å². The Kier molecular flexibility index (Phi) is 3.48. The van der Waals surface area contributed by atoms with Crippen LogP contribution in [-0.4, -0.2) is 26.8 Å². The summed E-state index contributed by atoms with van der Waals surface area (Å²) >= 11 is 0. The predicted octanol–water partition coefficient (Wildman–Crippen LogP) is 2.40. The molecule has 2 aromatic rings. The SMILES string of the molecule is C[C@@H](NC(=O)Nc1cccc2c1OC(C)(C)C2)c1ncn[nH]1. The van der Waals surface area contributed by atoms with E-state index in [1.807, 2.05) is 39.0 Å². The lowest BCUT2D eigenvalue weighted by Crippen LogP contribution is -2.32. The first-order valence-electron chi connectivity index (χ1n) is 7.18. The van der Waals surface area contributed by atoms with Gasteiger partial charge in [0.05, 0.1) is 11.7 Å². The second-order valence-electron chi connectivity index (χ2n) is 6.02. The topological polar surface area (TPSA) is 91.9 Å². The fraction of sp³-hybridized carbons (Fsp3) is 0.400. The Morgan fingerprint density at radius 3 is 3.00 bits per heavy atom. The Hall–Kier alpha value is -2.57. The lowest BCUT2D eigenvalue weighted by Gasteiger charge is -2.19. The average molecular weight is 301 g/mol. The van der Waals surface area contributed by atoms with Gasteiger partial charge >= 0.3 is 6.03 Å². The lowest BCUT2D eigenvalue weighted by molar-refractivity contribution is 0.139. The highest BCUT2D eigenvalue weighted by Gasteiger charge is 2.32. The molecule has 0 unspecified atom stereocenters. The molecule has 1 aliphatic heterocycles. The van der Waals surface area contributed by atoms with E-state index in [2.05, 4.69) is 25.8 Å². The number of benzene rings is 1. The van der Waals surface area contributed by atoms with Crippen molar-refractivity contribution in [2.75, 3.05) is 5.32 Å². The molecule has 0 fully saturated rings. The molecule has 0 saturated carbocycles. The van der Waals surface area contributed by atoms with Crippen molar-refractivity contribution in [3.05, 3.63) is 35.9 Å². The van der Waals surface area contributed by atoms with Gasteiger partial charge in [0.25, 0.3) is 0 Å². The van der Waals surface area contributed by atoms with Crippen LogP contribution in [0.25, 0.3) is 0 Å². The van der Waals surface area contributed by atoms with E-state index in [1.54, 1.807) is 0 Å². The van der Waals surface area contributed by atoms with E-state index in [0.717, 1.165) is 17.7 Å². The summed E-state index contributed by atoms with van der Waals surface area (Å²) in [5.74, 6) is 1.35. The van der Waals surface area contributed by atoms with Crippen LogP contribution in [0.4, 0.5) is 10.5 Å². The van der Waals surface area contributed by atoms with E-state index in [9.17, 15) is 4.79 Å². The van der Waals surface area contributed by atoms with E-state index in [-0.39, 0.29) is 17.7 Å². The zero-order chi connectivity index (χ0) is 15.7. The summed E-state index contributed by atoms with van der Waals surface area (Å²) in [4.78, 5) is 16.2. The van der Waals surface area contributed by atoms with Gasteiger partial charge in [-0.25, -0.2) is 9.78 Å². The standard InChI is InChI=1S/C15H19N5O2/c1-9(13-16-8-17-20-13)18-14(21)19-11-6-4-5-10-7-15(2,3)22-12(10)11/h4-6,8-9H,7H2,1-3H3,(H,16,17,20)(H2,18,19,21)/t9-/m1/s1. The minimum absolute atomic E-state index is 0.246. The number of nitrogens with one attached hydrogen (secondary N) is 3. The maximum atomic E-state index is 12.1. The first-order chi connectivity index (χ1) is 10.4. The van der Waals surface area contributed by atoms with Crippen LogP contribution in [-0.2, 0) is 6.42 Å². The Morgan fingerprint density at radius 2 is 2.27 bits per heavy atom. The fourth-order valence-corrected chi connectivity index (χ4v) is 2.56. The molecule has 7 nitrogen and oxygen atoms in total. The van der Waals surface area contributed by atoms with Gasteiger partial charge in [0.15, 0.2) is 0 Å². The number of aromatic amines is 1. The summed E-state index contributed by atoms with van der Waals surface area (Å²) in [6.45, 7) is 5.89. The Bertz CT molecular complexity index is 681. The highest BCUT2D eigenvalue weighted by atomic mass is 16.5. The molecule has 0 saturated heterocycles. The second kappa shape index (κ2) is 5.32. The van der Waals surface area contributed by atoms with E-state index < -0.39 is 0 Å². The summed E-state index contributed by atoms with van der Waals surface area (Å²) in [5, 5.41) is 12.1. The van der Waals surface area contributed by atoms with E-state index >= 15 is 0 Å². The zero-order valence-corrected chi connectivity index (χ0v) is 12.8. The average Bonchev–Trinajstić information content (AvgIpc) is 3.04. The van der Waals surface area contributed by atoms with Gasteiger partial charge in [0.1, 0.15) is 23.5 Å². The molecule has 116 valence electrons. The molecule has 0 spiro atoms. The van der Waals surface area contributed by atoms with Crippen molar-refractivity contribution in [2.45, 2.75) is 38.8 Å². The Labute approximate surface area is 128 Å². The van der Waals surface area contributed by atoms with Crippen molar-refractivity contribution < 1.29 is 9.53 Å². The van der Waals surface area contributed by atoms with Crippen molar-refractivity contribution in [3.8, 4) is 5.75 Å². The third-order valence-electron chi connectivity index (χ3n) is 3.53. The molecule has 2 heterocycles. The Morgan fingerprint density at radius 1 is 1.45 bits per heavy atom. The van der Waals surface area contributed by atoms with E-state index in [1.165, 1.54) is 6.33 Å². The highest BCUT2D eigenvalue weighted by Crippen LogP contribution is 2.40. The number of rotatable bonds is 3. The third-order valence-corrected chi connectivity index (χ3v) is 3.53. The highest BCUT2D eigenvalue weighted by molar-refractivity contribution is 5.91. The first kappa shape index (κ1) is 14.4. The second-order valence-corrected chi connectivity index (χ2v) is 6.02. The van der Waals surface area contributed by atoms with Crippen LogP contribution in [0.2, 0.25) is 0 Å². The van der Waals surface area contributed by atoms with Crippen LogP contribution in [0.5, 0.6) is 5.75 Å². The number of ether oxygens (including phenoxy) is 1. The van der Waals surface area contributed by atoms with Crippen molar-refractivity contribution in [1.82, 2.24) is 20.5 Å². The Balaban J connectivity index is 1.70. The van der Waals surface area contributed by atoms with Crippen molar-refractivity contribution in [3.63, 3.8) is 0 Å². The van der Waals surface area contributed by atoms with Gasteiger partial charge in [-0.15, -0.1) is 0 Å². The quantitative estimate of drug-likeness (QED) is 0.811. The molecule has 7 heteroatoms. The summed E-state index contributed by atoms with van der Waals surface area (Å²) in [6, 6.07) is 5.18. The largest absolute Gasteiger partial charge is 0.485 e. The number of para-hydroxylation sites is 1. The smallest absolute Gasteiger partial charge is 0.319 e. The van der Waals surface area contributed by atoms with Gasteiger partial charge < -0.3 is 15.4 Å². The van der Waals surface area contributed by atoms with Crippen LogP contribution >= 0.6 is 0 Å². The molecule has 3 rings (SSSR count). The maximum Gasteiger partial charge on any atom is 0.319 e. The molecule has 0 bridgehead atoms. The van der Waals surface area contributed by atoms with Crippen molar-refractivity contribution in [2.24, 2.45) is 0 Å². The molecule has 1 aliphatic rings. The van der Waals surface area contributed by atoms with Crippen LogP contribution in [0.15, 0.2) is 24.5 Å². The van der Waals surface area contributed by atoms with Crippen molar-refractivity contribution in [1.29, 1.82) is 0 Å². The number of hydrogen-bond donors (Lipinski definition) is 3. The predicted molar refractivity (Wildman–Crippen MR) is 81.8 cm³/mol. The van der Waals surface area contributed by atoms with Crippen molar-refractivity contribution >= 4 is 11.7 Å². The molecule has 1 aromatic carbocycles. The number of urea groups is 1. The normalized spacial score (nSPS) is 16.5. The zero-order valence-electron chi connectivity index (χ0n) is 12.8. The number of carbonyl (C=O) groups excluding carboxylic acids is 1. The van der Waals surface area contributed by atoms with Crippen LogP contribution in [0, 0.1) is 0 Å². The third kappa shape index (κ3) is 2.88. The molecule has 1 aromatic heterocycles. The van der Waals surface area contributed by atoms with E-state index in [0.29, 0.717) is 11.5 Å². The van der Waals surface area contributed by atoms with Gasteiger partial charge in [-0.1, -0.05) is 12.1 Å². The van der Waals surface area contributed by atoms with Crippen LogP contribution in [0.3, 0.4) is 0 Å². The molecule has 3 N–H and O–H groups in total. The summed E-state index contributed by atoms with van der Waals surface area (Å²) < 4.78 is 5.93. The lowest BCUT2D eigenvalue weighted by atomic mass is 10.0. The van der Waals surface area contributed by atoms with E-state index in [4.69, 9.17) is 4.74 Å². The van der Waals surface area contributed by atoms with Crippen LogP contribution < -0.4 is 15.4 Å². The van der Waals surface area contributed by atoms with Gasteiger partial charge in [0, 0.05) is 12.0 Å². The van der Waals surface area contributed by atoms with Gasteiger partial charge in [0.2, 0.25) is 0 Å². The summed E-state index contributed by atoms with van der Waals surface area (Å²) in [6.07, 6.45) is 2.24. The molecular formula is C15H19N5O2. The summed E-state index contributed by atoms with van der Waals surface area (Å²) in [5.41, 5.74) is 1.53. The number of hydrogen-bond acceptors (Lipinski definition) is 4.